The van der Waals surface area contributed by atoms with Gasteiger partial charge < -0.3 is 9.84 Å². The predicted molar refractivity (Wildman–Crippen MR) is 94.7 cm³/mol. The molecule has 0 unspecified atom stereocenters. The molecule has 7 heteroatoms. The Hall–Kier alpha value is -2.49. The van der Waals surface area contributed by atoms with Gasteiger partial charge in [0.15, 0.2) is 16.4 Å². The molecule has 0 radical (unpaired) electrons. The van der Waals surface area contributed by atoms with Gasteiger partial charge >= 0.3 is 5.97 Å². The van der Waals surface area contributed by atoms with Crippen molar-refractivity contribution in [1.82, 2.24) is 0 Å². The summed E-state index contributed by atoms with van der Waals surface area (Å²) in [5.74, 6) is 4.88. The van der Waals surface area contributed by atoms with Crippen molar-refractivity contribution in [2.24, 2.45) is 0 Å². The van der Waals surface area contributed by atoms with Gasteiger partial charge in [-0.1, -0.05) is 36.4 Å². The monoisotopic (exact) mass is 378 g/mol. The highest BCUT2D eigenvalue weighted by Crippen LogP contribution is 2.22. The number of carboxylic acids is 1. The Labute approximate surface area is 151 Å². The van der Waals surface area contributed by atoms with E-state index in [1.807, 2.05) is 0 Å². The SMILES string of the molecule is CCS(=O)(=O)c1cccc(C#Cc2cc(Cl)ccc2OCC(=O)O)c1. The smallest absolute Gasteiger partial charge is 0.341 e. The van der Waals surface area contributed by atoms with Gasteiger partial charge in [0.1, 0.15) is 5.75 Å². The molecule has 25 heavy (non-hydrogen) atoms. The highest BCUT2D eigenvalue weighted by atomic mass is 35.5. The second-order valence-corrected chi connectivity index (χ2v) is 7.72. The van der Waals surface area contributed by atoms with Crippen molar-refractivity contribution in [3.63, 3.8) is 0 Å². The van der Waals surface area contributed by atoms with Crippen LogP contribution in [0, 0.1) is 11.8 Å². The summed E-state index contributed by atoms with van der Waals surface area (Å²) in [6.07, 6.45) is 0. The lowest BCUT2D eigenvalue weighted by molar-refractivity contribution is -0.139. The number of carboxylic acid groups (broad SMARTS) is 1. The van der Waals surface area contributed by atoms with Crippen molar-refractivity contribution in [2.45, 2.75) is 11.8 Å². The van der Waals surface area contributed by atoms with E-state index >= 15 is 0 Å². The van der Waals surface area contributed by atoms with Crippen LogP contribution in [-0.2, 0) is 14.6 Å². The van der Waals surface area contributed by atoms with E-state index in [1.54, 1.807) is 31.2 Å². The van der Waals surface area contributed by atoms with Gasteiger partial charge in [-0.05, 0) is 36.4 Å². The molecule has 0 atom stereocenters. The third kappa shape index (κ3) is 5.24. The molecule has 0 amide bonds. The molecule has 2 rings (SSSR count). The van der Waals surface area contributed by atoms with Gasteiger partial charge in [0.25, 0.3) is 0 Å². The van der Waals surface area contributed by atoms with Gasteiger partial charge in [-0.2, -0.15) is 0 Å². The minimum absolute atomic E-state index is 0.00531. The summed E-state index contributed by atoms with van der Waals surface area (Å²) in [6.45, 7) is 1.08. The summed E-state index contributed by atoms with van der Waals surface area (Å²) < 4.78 is 29.0. The van der Waals surface area contributed by atoms with Gasteiger partial charge in [0.2, 0.25) is 0 Å². The highest BCUT2D eigenvalue weighted by molar-refractivity contribution is 7.91. The molecule has 0 bridgehead atoms. The van der Waals surface area contributed by atoms with Crippen molar-refractivity contribution < 1.29 is 23.1 Å². The van der Waals surface area contributed by atoms with Crippen LogP contribution in [0.25, 0.3) is 0 Å². The Kier molecular flexibility index (Phi) is 6.07. The Morgan fingerprint density at radius 3 is 2.64 bits per heavy atom. The van der Waals surface area contributed by atoms with Crippen molar-refractivity contribution in [1.29, 1.82) is 0 Å². The number of ether oxygens (including phenoxy) is 1. The maximum absolute atomic E-state index is 11.9. The molecule has 0 aromatic heterocycles. The first-order valence-electron chi connectivity index (χ1n) is 7.31. The first kappa shape index (κ1) is 18.8. The third-order valence-electron chi connectivity index (χ3n) is 3.21. The van der Waals surface area contributed by atoms with E-state index in [9.17, 15) is 13.2 Å². The fourth-order valence-electron chi connectivity index (χ4n) is 1.94. The fraction of sp³-hybridized carbons (Fsp3) is 0.167. The number of hydrogen-bond donors (Lipinski definition) is 1. The van der Waals surface area contributed by atoms with Crippen molar-refractivity contribution >= 4 is 27.4 Å². The average Bonchev–Trinajstić information content (AvgIpc) is 2.59. The van der Waals surface area contributed by atoms with Gasteiger partial charge in [-0.15, -0.1) is 0 Å². The molecular weight excluding hydrogens is 364 g/mol. The topological polar surface area (TPSA) is 80.7 Å². The predicted octanol–water partition coefficient (Wildman–Crippen LogP) is 3.00. The minimum Gasteiger partial charge on any atom is -0.481 e. The van der Waals surface area contributed by atoms with Crippen molar-refractivity contribution in [2.75, 3.05) is 12.4 Å². The lowest BCUT2D eigenvalue weighted by Gasteiger charge is -2.06. The zero-order valence-corrected chi connectivity index (χ0v) is 14.9. The summed E-state index contributed by atoms with van der Waals surface area (Å²) in [4.78, 5) is 10.9. The van der Waals surface area contributed by atoms with E-state index in [4.69, 9.17) is 21.4 Å². The number of sulfone groups is 1. The zero-order valence-electron chi connectivity index (χ0n) is 13.3. The second kappa shape index (κ2) is 8.06. The molecule has 0 saturated heterocycles. The lowest BCUT2D eigenvalue weighted by atomic mass is 10.1. The van der Waals surface area contributed by atoms with Crippen molar-refractivity contribution in [3.8, 4) is 17.6 Å². The van der Waals surface area contributed by atoms with E-state index < -0.39 is 22.4 Å². The van der Waals surface area contributed by atoms with Gasteiger partial charge in [0.05, 0.1) is 16.2 Å². The van der Waals surface area contributed by atoms with Crippen LogP contribution in [0.15, 0.2) is 47.4 Å². The third-order valence-corrected chi connectivity index (χ3v) is 5.17. The first-order chi connectivity index (χ1) is 11.8. The normalized spacial score (nSPS) is 10.6. The van der Waals surface area contributed by atoms with Gasteiger partial charge in [0, 0.05) is 10.6 Å². The minimum atomic E-state index is -3.32. The largest absolute Gasteiger partial charge is 0.481 e. The summed E-state index contributed by atoms with van der Waals surface area (Å²) in [5, 5.41) is 9.14. The molecule has 2 aromatic rings. The Morgan fingerprint density at radius 1 is 1.20 bits per heavy atom. The molecule has 0 aliphatic heterocycles. The molecule has 5 nitrogen and oxygen atoms in total. The molecule has 0 fully saturated rings. The lowest BCUT2D eigenvalue weighted by Crippen LogP contribution is -2.10. The fourth-order valence-corrected chi connectivity index (χ4v) is 3.04. The molecule has 1 N–H and O–H groups in total. The number of halogens is 1. The summed E-state index contributed by atoms with van der Waals surface area (Å²) in [7, 11) is -3.32. The van der Waals surface area contributed by atoms with Crippen LogP contribution in [-0.4, -0.2) is 31.9 Å². The molecule has 0 aliphatic carbocycles. The molecule has 2 aromatic carbocycles. The highest BCUT2D eigenvalue weighted by Gasteiger charge is 2.11. The zero-order chi connectivity index (χ0) is 18.4. The van der Waals surface area contributed by atoms with Crippen molar-refractivity contribution in [3.05, 3.63) is 58.6 Å². The maximum atomic E-state index is 11.9. The number of carbonyl (C=O) groups is 1. The number of benzene rings is 2. The van der Waals surface area contributed by atoms with Gasteiger partial charge in [-0.25, -0.2) is 13.2 Å². The molecule has 0 spiro atoms. The molecule has 0 aliphatic rings. The summed E-state index contributed by atoms with van der Waals surface area (Å²) >= 11 is 5.95. The quantitative estimate of drug-likeness (QED) is 0.809. The first-order valence-corrected chi connectivity index (χ1v) is 9.34. The van der Waals surface area contributed by atoms with Crippen LogP contribution in [0.4, 0.5) is 0 Å². The van der Waals surface area contributed by atoms with E-state index in [2.05, 4.69) is 11.8 Å². The standard InChI is InChI=1S/C18H15ClO5S/c1-2-25(22,23)16-5-3-4-13(10-16)6-7-14-11-15(19)8-9-17(14)24-12-18(20)21/h3-5,8-11H,2,12H2,1H3,(H,20,21). The molecule has 0 saturated carbocycles. The average molecular weight is 379 g/mol. The Bertz CT molecular complexity index is 955. The van der Waals surface area contributed by atoms with Crippen LogP contribution >= 0.6 is 11.6 Å². The number of hydrogen-bond acceptors (Lipinski definition) is 4. The van der Waals surface area contributed by atoms with Crippen LogP contribution < -0.4 is 4.74 Å². The number of aliphatic carboxylic acids is 1. The van der Waals surface area contributed by atoms with Crippen LogP contribution in [0.3, 0.4) is 0 Å². The van der Waals surface area contributed by atoms with E-state index in [0.29, 0.717) is 16.1 Å². The summed E-state index contributed by atoms with van der Waals surface area (Å²) in [5.41, 5.74) is 0.927. The Balaban J connectivity index is 2.37. The van der Waals surface area contributed by atoms with E-state index in [1.165, 1.54) is 18.2 Å². The van der Waals surface area contributed by atoms with Crippen LogP contribution in [0.1, 0.15) is 18.1 Å². The summed E-state index contributed by atoms with van der Waals surface area (Å²) in [6, 6.07) is 11.0. The van der Waals surface area contributed by atoms with Gasteiger partial charge in [-0.3, -0.25) is 0 Å². The number of rotatable bonds is 5. The molecule has 0 heterocycles. The second-order valence-electron chi connectivity index (χ2n) is 5.00. The van der Waals surface area contributed by atoms with E-state index in [-0.39, 0.29) is 16.4 Å². The maximum Gasteiger partial charge on any atom is 0.341 e. The van der Waals surface area contributed by atoms with Crippen LogP contribution in [0.5, 0.6) is 5.75 Å². The van der Waals surface area contributed by atoms with Crippen LogP contribution in [0.2, 0.25) is 5.02 Å². The molecular formula is C18H15ClO5S. The molecule has 130 valence electrons. The Morgan fingerprint density at radius 2 is 1.96 bits per heavy atom. The van der Waals surface area contributed by atoms with E-state index in [0.717, 1.165) is 0 Å².